The molecule has 7 heteroatoms. The van der Waals surface area contributed by atoms with Crippen molar-refractivity contribution in [1.82, 2.24) is 10.1 Å². The number of aromatic nitrogens is 2. The van der Waals surface area contributed by atoms with Crippen LogP contribution in [0.15, 0.2) is 28.8 Å². The molecule has 116 valence electrons. The van der Waals surface area contributed by atoms with E-state index in [1.807, 2.05) is 37.3 Å². The van der Waals surface area contributed by atoms with E-state index in [1.54, 1.807) is 0 Å². The van der Waals surface area contributed by atoms with Crippen molar-refractivity contribution in [2.75, 3.05) is 5.75 Å². The van der Waals surface area contributed by atoms with Crippen LogP contribution in [-0.2, 0) is 9.84 Å². The first-order chi connectivity index (χ1) is 10.5. The van der Waals surface area contributed by atoms with Crippen molar-refractivity contribution in [2.24, 2.45) is 0 Å². The highest BCUT2D eigenvalue weighted by atomic mass is 32.2. The Morgan fingerprint density at radius 2 is 2.09 bits per heavy atom. The van der Waals surface area contributed by atoms with E-state index in [-0.39, 0.29) is 18.1 Å². The van der Waals surface area contributed by atoms with Crippen molar-refractivity contribution in [2.45, 2.75) is 31.9 Å². The highest BCUT2D eigenvalue weighted by Gasteiger charge is 2.28. The number of nitrogens with zero attached hydrogens (tertiary/aromatic N) is 3. The lowest BCUT2D eigenvalue weighted by atomic mass is 10.1. The summed E-state index contributed by atoms with van der Waals surface area (Å²) in [5.41, 5.74) is 1.80. The van der Waals surface area contributed by atoms with Gasteiger partial charge >= 0.3 is 0 Å². The lowest BCUT2D eigenvalue weighted by molar-refractivity contribution is 0.377. The van der Waals surface area contributed by atoms with Gasteiger partial charge in [0.15, 0.2) is 9.84 Å². The fourth-order valence-corrected chi connectivity index (χ4v) is 3.32. The summed E-state index contributed by atoms with van der Waals surface area (Å²) in [6.45, 7) is 3.45. The number of hydrogen-bond acceptors (Lipinski definition) is 6. The molecule has 0 saturated carbocycles. The molecule has 0 amide bonds. The summed E-state index contributed by atoms with van der Waals surface area (Å²) in [6.07, 6.45) is 0.520. The molecule has 6 nitrogen and oxygen atoms in total. The van der Waals surface area contributed by atoms with Crippen molar-refractivity contribution in [3.8, 4) is 17.5 Å². The van der Waals surface area contributed by atoms with Gasteiger partial charge in [0.1, 0.15) is 5.25 Å². The predicted molar refractivity (Wildman–Crippen MR) is 81.5 cm³/mol. The summed E-state index contributed by atoms with van der Waals surface area (Å²) in [4.78, 5) is 4.21. The Morgan fingerprint density at radius 1 is 1.36 bits per heavy atom. The number of aryl methyl sites for hydroxylation is 1. The molecule has 0 aliphatic rings. The number of nitriles is 1. The first-order valence-electron chi connectivity index (χ1n) is 6.94. The molecule has 0 aliphatic carbocycles. The smallest absolute Gasteiger partial charge is 0.245 e. The third kappa shape index (κ3) is 3.52. The highest BCUT2D eigenvalue weighted by Crippen LogP contribution is 2.26. The fourth-order valence-electron chi connectivity index (χ4n) is 2.02. The zero-order valence-electron chi connectivity index (χ0n) is 12.5. The maximum Gasteiger partial charge on any atom is 0.245 e. The molecule has 0 unspecified atom stereocenters. The number of unbranched alkanes of at least 4 members (excludes halogenated alkanes) is 1. The Bertz CT molecular complexity index is 790. The lowest BCUT2D eigenvalue weighted by Gasteiger charge is -2.07. The minimum absolute atomic E-state index is 0.0657. The van der Waals surface area contributed by atoms with E-state index in [0.29, 0.717) is 12.2 Å². The summed E-state index contributed by atoms with van der Waals surface area (Å²) < 4.78 is 29.5. The van der Waals surface area contributed by atoms with E-state index in [1.165, 1.54) is 6.92 Å². The molecule has 1 aromatic carbocycles. The first kappa shape index (κ1) is 16.2. The molecule has 1 heterocycles. The van der Waals surface area contributed by atoms with Crippen LogP contribution in [0.2, 0.25) is 0 Å². The van der Waals surface area contributed by atoms with E-state index in [2.05, 4.69) is 10.1 Å². The fraction of sp³-hybridized carbons (Fsp3) is 0.400. The molecular weight excluding hydrogens is 302 g/mol. The standard InChI is InChI=1S/C15H17N3O3S/c1-11-7-3-4-8-13(11)14-17-15(21-18-14)12(2)22(19,20)10-6-5-9-16/h3-4,7-8,12H,5-6,10H2,1-2H3/t12-/m1/s1. The van der Waals surface area contributed by atoms with Crippen LogP contribution < -0.4 is 0 Å². The second-order valence-corrected chi connectivity index (χ2v) is 7.48. The monoisotopic (exact) mass is 319 g/mol. The molecule has 0 aliphatic heterocycles. The van der Waals surface area contributed by atoms with Crippen LogP contribution in [0.25, 0.3) is 11.4 Å². The molecule has 1 aromatic heterocycles. The maximum atomic E-state index is 12.2. The SMILES string of the molecule is Cc1ccccc1-c1noc([C@@H](C)S(=O)(=O)CCCC#N)n1. The third-order valence-corrected chi connectivity index (χ3v) is 5.57. The normalized spacial score (nSPS) is 12.8. The minimum Gasteiger partial charge on any atom is -0.338 e. The second-order valence-electron chi connectivity index (χ2n) is 5.04. The lowest BCUT2D eigenvalue weighted by Crippen LogP contribution is -2.14. The first-order valence-corrected chi connectivity index (χ1v) is 8.65. The van der Waals surface area contributed by atoms with Gasteiger partial charge in [-0.25, -0.2) is 8.42 Å². The quantitative estimate of drug-likeness (QED) is 0.759. The molecule has 0 fully saturated rings. The van der Waals surface area contributed by atoms with Gasteiger partial charge in [-0.15, -0.1) is 0 Å². The van der Waals surface area contributed by atoms with Crippen LogP contribution >= 0.6 is 0 Å². The molecule has 22 heavy (non-hydrogen) atoms. The molecular formula is C15H17N3O3S. The van der Waals surface area contributed by atoms with E-state index in [9.17, 15) is 8.42 Å². The summed E-state index contributed by atoms with van der Waals surface area (Å²) in [5.74, 6) is 0.395. The molecule has 0 saturated heterocycles. The molecule has 0 radical (unpaired) electrons. The van der Waals surface area contributed by atoms with Gasteiger partial charge in [0.05, 0.1) is 11.8 Å². The third-order valence-electron chi connectivity index (χ3n) is 3.43. The van der Waals surface area contributed by atoms with Crippen molar-refractivity contribution in [3.05, 3.63) is 35.7 Å². The van der Waals surface area contributed by atoms with Crippen LogP contribution in [0.3, 0.4) is 0 Å². The Balaban J connectivity index is 2.21. The molecule has 2 rings (SSSR count). The summed E-state index contributed by atoms with van der Waals surface area (Å²) in [7, 11) is -3.41. The van der Waals surface area contributed by atoms with Crippen molar-refractivity contribution in [3.63, 3.8) is 0 Å². The average Bonchev–Trinajstić information content (AvgIpc) is 2.96. The number of sulfone groups is 1. The zero-order chi connectivity index (χ0) is 16.2. The molecule has 1 atom stereocenters. The zero-order valence-corrected chi connectivity index (χ0v) is 13.3. The van der Waals surface area contributed by atoms with Gasteiger partial charge < -0.3 is 4.52 Å². The predicted octanol–water partition coefficient (Wildman–Crippen LogP) is 2.82. The second kappa shape index (κ2) is 6.71. The van der Waals surface area contributed by atoms with Crippen LogP contribution in [0.4, 0.5) is 0 Å². The van der Waals surface area contributed by atoms with Gasteiger partial charge in [-0.1, -0.05) is 29.4 Å². The van der Waals surface area contributed by atoms with E-state index in [0.717, 1.165) is 11.1 Å². The summed E-state index contributed by atoms with van der Waals surface area (Å²) in [6, 6.07) is 9.48. The van der Waals surface area contributed by atoms with Crippen molar-refractivity contribution < 1.29 is 12.9 Å². The number of rotatable bonds is 6. The number of hydrogen-bond donors (Lipinski definition) is 0. The molecule has 0 bridgehead atoms. The summed E-state index contributed by atoms with van der Waals surface area (Å²) in [5, 5.41) is 11.5. The van der Waals surface area contributed by atoms with Gasteiger partial charge in [-0.2, -0.15) is 10.2 Å². The number of benzene rings is 1. The van der Waals surface area contributed by atoms with Crippen LogP contribution in [-0.4, -0.2) is 24.3 Å². The Kier molecular flexibility index (Phi) is 4.93. The van der Waals surface area contributed by atoms with Gasteiger partial charge in [0, 0.05) is 12.0 Å². The van der Waals surface area contributed by atoms with Crippen LogP contribution in [0.1, 0.15) is 36.5 Å². The van der Waals surface area contributed by atoms with Gasteiger partial charge in [0.25, 0.3) is 0 Å². The van der Waals surface area contributed by atoms with Crippen molar-refractivity contribution >= 4 is 9.84 Å². The van der Waals surface area contributed by atoms with Crippen LogP contribution in [0.5, 0.6) is 0 Å². The average molecular weight is 319 g/mol. The topological polar surface area (TPSA) is 96.9 Å². The van der Waals surface area contributed by atoms with Gasteiger partial charge in [-0.3, -0.25) is 0 Å². The van der Waals surface area contributed by atoms with Crippen molar-refractivity contribution in [1.29, 1.82) is 5.26 Å². The maximum absolute atomic E-state index is 12.2. The van der Waals surface area contributed by atoms with Gasteiger partial charge in [-0.05, 0) is 25.8 Å². The Hall–Kier alpha value is -2.20. The molecule has 0 N–H and O–H groups in total. The molecule has 2 aromatic rings. The van der Waals surface area contributed by atoms with Gasteiger partial charge in [0.2, 0.25) is 11.7 Å². The molecule has 0 spiro atoms. The minimum atomic E-state index is -3.41. The van der Waals surface area contributed by atoms with E-state index in [4.69, 9.17) is 9.78 Å². The Labute approximate surface area is 129 Å². The Morgan fingerprint density at radius 3 is 2.77 bits per heavy atom. The van der Waals surface area contributed by atoms with E-state index < -0.39 is 15.1 Å². The largest absolute Gasteiger partial charge is 0.338 e. The highest BCUT2D eigenvalue weighted by molar-refractivity contribution is 7.91. The van der Waals surface area contributed by atoms with Crippen LogP contribution in [0, 0.1) is 18.3 Å². The van der Waals surface area contributed by atoms with E-state index >= 15 is 0 Å². The summed E-state index contributed by atoms with van der Waals surface area (Å²) >= 11 is 0.